The number of rotatable bonds is 7. The Morgan fingerprint density at radius 2 is 2.00 bits per heavy atom. The van der Waals surface area contributed by atoms with Gasteiger partial charge in [0.2, 0.25) is 10.0 Å². The number of nitrogens with two attached hydrogens (primary N) is 1. The lowest BCUT2D eigenvalue weighted by atomic mass is 10.0. The Kier molecular flexibility index (Phi) is 5.94. The second kappa shape index (κ2) is 7.22. The first kappa shape index (κ1) is 15.6. The molecule has 0 aliphatic rings. The van der Waals surface area contributed by atoms with E-state index in [9.17, 15) is 13.2 Å². The molecule has 19 heavy (non-hydrogen) atoms. The summed E-state index contributed by atoms with van der Waals surface area (Å²) >= 11 is 0. The maximum atomic E-state index is 11.9. The van der Waals surface area contributed by atoms with E-state index in [1.807, 2.05) is 12.1 Å². The molecule has 0 fully saturated rings. The molecule has 7 heteroatoms. The zero-order valence-corrected chi connectivity index (χ0v) is 11.7. The standard InChI is InChI=1S/C12H19N3O3S/c1-14-19(17,18)9-8-15-12(16)11-5-3-2-4-10(11)6-7-13/h2-5,14H,6-9,13H2,1H3,(H,15,16). The summed E-state index contributed by atoms with van der Waals surface area (Å²) in [5.74, 6) is -0.427. The minimum atomic E-state index is -3.30. The average Bonchev–Trinajstić information content (AvgIpc) is 2.39. The predicted octanol–water partition coefficient (Wildman–Crippen LogP) is -0.533. The molecule has 0 saturated carbocycles. The third kappa shape index (κ3) is 4.98. The van der Waals surface area contributed by atoms with Crippen LogP contribution in [0.15, 0.2) is 24.3 Å². The van der Waals surface area contributed by atoms with Crippen LogP contribution in [-0.2, 0) is 16.4 Å². The normalized spacial score (nSPS) is 11.3. The molecule has 0 heterocycles. The van der Waals surface area contributed by atoms with Crippen LogP contribution < -0.4 is 15.8 Å². The van der Waals surface area contributed by atoms with E-state index in [1.54, 1.807) is 12.1 Å². The number of nitrogens with one attached hydrogen (secondary N) is 2. The van der Waals surface area contributed by atoms with Crippen molar-refractivity contribution in [2.24, 2.45) is 5.73 Å². The van der Waals surface area contributed by atoms with Crippen LogP contribution in [-0.4, -0.2) is 40.2 Å². The molecular formula is C12H19N3O3S. The van der Waals surface area contributed by atoms with E-state index < -0.39 is 10.0 Å². The molecule has 1 aromatic carbocycles. The molecule has 0 aliphatic heterocycles. The van der Waals surface area contributed by atoms with Gasteiger partial charge in [0.25, 0.3) is 5.91 Å². The lowest BCUT2D eigenvalue weighted by Crippen LogP contribution is -2.33. The number of amides is 1. The second-order valence-corrected chi connectivity index (χ2v) is 6.02. The van der Waals surface area contributed by atoms with Crippen LogP contribution >= 0.6 is 0 Å². The van der Waals surface area contributed by atoms with Crippen molar-refractivity contribution < 1.29 is 13.2 Å². The third-order valence-corrected chi connectivity index (χ3v) is 4.01. The first-order valence-electron chi connectivity index (χ1n) is 5.97. The van der Waals surface area contributed by atoms with Gasteiger partial charge in [-0.05, 0) is 31.6 Å². The van der Waals surface area contributed by atoms with E-state index in [4.69, 9.17) is 5.73 Å². The smallest absolute Gasteiger partial charge is 0.251 e. The van der Waals surface area contributed by atoms with E-state index in [0.29, 0.717) is 18.5 Å². The Balaban J connectivity index is 2.64. The molecule has 1 aromatic rings. The van der Waals surface area contributed by atoms with Gasteiger partial charge in [-0.2, -0.15) is 0 Å². The van der Waals surface area contributed by atoms with Crippen LogP contribution in [0.4, 0.5) is 0 Å². The summed E-state index contributed by atoms with van der Waals surface area (Å²) in [7, 11) is -1.96. The van der Waals surface area contributed by atoms with Gasteiger partial charge in [-0.3, -0.25) is 4.79 Å². The van der Waals surface area contributed by atoms with Crippen LogP contribution in [0.2, 0.25) is 0 Å². The van der Waals surface area contributed by atoms with Crippen molar-refractivity contribution in [3.8, 4) is 0 Å². The summed E-state index contributed by atoms with van der Waals surface area (Å²) in [6.45, 7) is 0.525. The Labute approximate surface area is 113 Å². The number of hydrogen-bond acceptors (Lipinski definition) is 4. The van der Waals surface area contributed by atoms with Crippen LogP contribution in [0.1, 0.15) is 15.9 Å². The fraction of sp³-hybridized carbons (Fsp3) is 0.417. The monoisotopic (exact) mass is 285 g/mol. The molecule has 4 N–H and O–H groups in total. The summed E-state index contributed by atoms with van der Waals surface area (Å²) in [4.78, 5) is 11.9. The summed E-state index contributed by atoms with van der Waals surface area (Å²) in [6.07, 6.45) is 0.610. The van der Waals surface area contributed by atoms with Gasteiger partial charge in [0.1, 0.15) is 0 Å². The van der Waals surface area contributed by atoms with Gasteiger partial charge in [-0.25, -0.2) is 13.1 Å². The van der Waals surface area contributed by atoms with Gasteiger partial charge < -0.3 is 11.1 Å². The molecular weight excluding hydrogens is 266 g/mol. The Morgan fingerprint density at radius 3 is 2.63 bits per heavy atom. The van der Waals surface area contributed by atoms with Gasteiger partial charge in [-0.1, -0.05) is 18.2 Å². The largest absolute Gasteiger partial charge is 0.351 e. The fourth-order valence-electron chi connectivity index (χ4n) is 1.61. The van der Waals surface area contributed by atoms with E-state index in [1.165, 1.54) is 7.05 Å². The van der Waals surface area contributed by atoms with Crippen molar-refractivity contribution in [2.45, 2.75) is 6.42 Å². The van der Waals surface area contributed by atoms with Gasteiger partial charge in [0, 0.05) is 12.1 Å². The first-order valence-corrected chi connectivity index (χ1v) is 7.63. The number of sulfonamides is 1. The molecule has 0 spiro atoms. The maximum absolute atomic E-state index is 11.9. The molecule has 0 atom stereocenters. The minimum absolute atomic E-state index is 0.0684. The molecule has 1 rings (SSSR count). The molecule has 0 radical (unpaired) electrons. The average molecular weight is 285 g/mol. The van der Waals surface area contributed by atoms with Crippen molar-refractivity contribution in [3.05, 3.63) is 35.4 Å². The van der Waals surface area contributed by atoms with Gasteiger partial charge in [0.15, 0.2) is 0 Å². The summed E-state index contributed by atoms with van der Waals surface area (Å²) in [5, 5.41) is 2.59. The number of hydrogen-bond donors (Lipinski definition) is 3. The lowest BCUT2D eigenvalue weighted by Gasteiger charge is -2.09. The second-order valence-electron chi connectivity index (χ2n) is 3.97. The van der Waals surface area contributed by atoms with Crippen molar-refractivity contribution in [2.75, 3.05) is 25.9 Å². The molecule has 6 nitrogen and oxygen atoms in total. The molecule has 0 saturated heterocycles. The summed E-state index contributed by atoms with van der Waals surface area (Å²) < 4.78 is 24.6. The highest BCUT2D eigenvalue weighted by Crippen LogP contribution is 2.08. The lowest BCUT2D eigenvalue weighted by molar-refractivity contribution is 0.0955. The Morgan fingerprint density at radius 1 is 1.32 bits per heavy atom. The highest BCUT2D eigenvalue weighted by atomic mass is 32.2. The topological polar surface area (TPSA) is 101 Å². The first-order chi connectivity index (χ1) is 9.00. The number of benzene rings is 1. The number of carbonyl (C=O) groups excluding carboxylic acids is 1. The quantitative estimate of drug-likeness (QED) is 0.626. The zero-order chi connectivity index (χ0) is 14.3. The van der Waals surface area contributed by atoms with E-state index in [2.05, 4.69) is 10.0 Å². The molecule has 1 amide bonds. The molecule has 0 unspecified atom stereocenters. The molecule has 0 aliphatic carbocycles. The van der Waals surface area contributed by atoms with Crippen LogP contribution in [0.25, 0.3) is 0 Å². The van der Waals surface area contributed by atoms with Crippen molar-refractivity contribution in [1.82, 2.24) is 10.0 Å². The highest BCUT2D eigenvalue weighted by Gasteiger charge is 2.12. The van der Waals surface area contributed by atoms with Crippen molar-refractivity contribution >= 4 is 15.9 Å². The van der Waals surface area contributed by atoms with E-state index in [0.717, 1.165) is 5.56 Å². The fourth-order valence-corrected chi connectivity index (χ4v) is 2.19. The highest BCUT2D eigenvalue weighted by molar-refractivity contribution is 7.89. The van der Waals surface area contributed by atoms with Crippen LogP contribution in [0.3, 0.4) is 0 Å². The summed E-state index contributed by atoms with van der Waals surface area (Å²) in [6, 6.07) is 7.14. The van der Waals surface area contributed by atoms with Gasteiger partial charge in [0.05, 0.1) is 5.75 Å². The molecule has 0 aromatic heterocycles. The SMILES string of the molecule is CNS(=O)(=O)CCNC(=O)c1ccccc1CCN. The Hall–Kier alpha value is -1.44. The van der Waals surface area contributed by atoms with Crippen molar-refractivity contribution in [3.63, 3.8) is 0 Å². The molecule has 106 valence electrons. The summed E-state index contributed by atoms with van der Waals surface area (Å²) in [5.41, 5.74) is 6.88. The zero-order valence-electron chi connectivity index (χ0n) is 10.8. The van der Waals surface area contributed by atoms with E-state index >= 15 is 0 Å². The van der Waals surface area contributed by atoms with Crippen molar-refractivity contribution in [1.29, 1.82) is 0 Å². The molecule has 0 bridgehead atoms. The number of carbonyl (C=O) groups is 1. The van der Waals surface area contributed by atoms with Gasteiger partial charge >= 0.3 is 0 Å². The minimum Gasteiger partial charge on any atom is -0.351 e. The predicted molar refractivity (Wildman–Crippen MR) is 74.4 cm³/mol. The third-order valence-electron chi connectivity index (χ3n) is 2.64. The Bertz CT molecular complexity index is 529. The van der Waals surface area contributed by atoms with Crippen LogP contribution in [0.5, 0.6) is 0 Å². The van der Waals surface area contributed by atoms with Gasteiger partial charge in [-0.15, -0.1) is 0 Å². The maximum Gasteiger partial charge on any atom is 0.251 e. The van der Waals surface area contributed by atoms with E-state index in [-0.39, 0.29) is 18.2 Å². The van der Waals surface area contributed by atoms with Crippen LogP contribution in [0, 0.1) is 0 Å².